The van der Waals surface area contributed by atoms with Crippen molar-refractivity contribution in [3.8, 4) is 23.0 Å². The zero-order valence-corrected chi connectivity index (χ0v) is 36.0. The van der Waals surface area contributed by atoms with E-state index >= 15 is 0 Å². The minimum absolute atomic E-state index is 0.355. The smallest absolute Gasteiger partial charge is 0.343 e. The Balaban J connectivity index is 1.27. The molecule has 0 aliphatic rings. The van der Waals surface area contributed by atoms with Crippen molar-refractivity contribution in [2.24, 2.45) is 0 Å². The van der Waals surface area contributed by atoms with E-state index in [1.807, 2.05) is 13.8 Å². The molecule has 0 heterocycles. The molecular weight excluding hydrogens is 761 g/mol. The lowest BCUT2D eigenvalue weighted by Crippen LogP contribution is -2.12. The van der Waals surface area contributed by atoms with Crippen LogP contribution in [-0.2, 0) is 19.1 Å². The predicted molar refractivity (Wildman–Crippen MR) is 235 cm³/mol. The van der Waals surface area contributed by atoms with Crippen molar-refractivity contribution >= 4 is 23.9 Å². The molecule has 0 saturated heterocycles. The van der Waals surface area contributed by atoms with E-state index in [1.54, 1.807) is 60.7 Å². The van der Waals surface area contributed by atoms with Crippen LogP contribution in [0.3, 0.4) is 0 Å². The summed E-state index contributed by atoms with van der Waals surface area (Å²) in [4.78, 5) is 48.0. The SMILES string of the molecule is C=CC(=O)OCCCCCCCCCCCOc1ccc(C(=O)Oc2ccc(OC(=O)c3ccc(OCCCCCCCCCCCOC(=O)C=C)cc3)c(C)c2C)cc1. The number of unbranched alkanes of at least 4 members (excludes halogenated alkanes) is 16. The molecule has 0 saturated carbocycles. The molecule has 0 aromatic heterocycles. The highest BCUT2D eigenvalue weighted by molar-refractivity contribution is 5.92. The van der Waals surface area contributed by atoms with Crippen LogP contribution < -0.4 is 18.9 Å². The fourth-order valence-corrected chi connectivity index (χ4v) is 6.41. The van der Waals surface area contributed by atoms with Crippen molar-refractivity contribution in [3.63, 3.8) is 0 Å². The van der Waals surface area contributed by atoms with Crippen LogP contribution in [-0.4, -0.2) is 50.3 Å². The van der Waals surface area contributed by atoms with Gasteiger partial charge in [-0.1, -0.05) is 103 Å². The first-order valence-electron chi connectivity index (χ1n) is 21.8. The lowest BCUT2D eigenvalue weighted by molar-refractivity contribution is -0.138. The molecule has 326 valence electrons. The summed E-state index contributed by atoms with van der Waals surface area (Å²) < 4.78 is 33.2. The van der Waals surface area contributed by atoms with Crippen LogP contribution in [0.15, 0.2) is 86.0 Å². The maximum absolute atomic E-state index is 13.0. The summed E-state index contributed by atoms with van der Waals surface area (Å²) in [6.07, 6.45) is 22.3. The van der Waals surface area contributed by atoms with E-state index in [0.29, 0.717) is 71.7 Å². The summed E-state index contributed by atoms with van der Waals surface area (Å²) in [7, 11) is 0. The van der Waals surface area contributed by atoms with Crippen LogP contribution in [0.1, 0.15) is 147 Å². The Bertz CT molecular complexity index is 1620. The van der Waals surface area contributed by atoms with Crippen LogP contribution in [0.2, 0.25) is 0 Å². The van der Waals surface area contributed by atoms with Gasteiger partial charge in [0, 0.05) is 12.2 Å². The molecule has 3 aromatic rings. The van der Waals surface area contributed by atoms with Crippen LogP contribution in [0.5, 0.6) is 23.0 Å². The third-order valence-electron chi connectivity index (χ3n) is 10.2. The molecule has 3 rings (SSSR count). The number of ether oxygens (including phenoxy) is 6. The zero-order valence-electron chi connectivity index (χ0n) is 36.0. The largest absolute Gasteiger partial charge is 0.494 e. The predicted octanol–water partition coefficient (Wildman–Crippen LogP) is 12.0. The van der Waals surface area contributed by atoms with Gasteiger partial charge in [0.05, 0.1) is 37.6 Å². The van der Waals surface area contributed by atoms with E-state index in [4.69, 9.17) is 28.4 Å². The van der Waals surface area contributed by atoms with Crippen molar-refractivity contribution < 1.29 is 47.6 Å². The number of hydrogen-bond donors (Lipinski definition) is 0. The van der Waals surface area contributed by atoms with Crippen molar-refractivity contribution in [2.45, 2.75) is 129 Å². The highest BCUT2D eigenvalue weighted by Crippen LogP contribution is 2.31. The second-order valence-corrected chi connectivity index (χ2v) is 14.9. The number of esters is 4. The molecule has 0 unspecified atom stereocenters. The van der Waals surface area contributed by atoms with Gasteiger partial charge < -0.3 is 28.4 Å². The minimum atomic E-state index is -0.488. The van der Waals surface area contributed by atoms with Crippen molar-refractivity contribution in [1.29, 1.82) is 0 Å². The zero-order chi connectivity index (χ0) is 43.2. The number of hydrogen-bond acceptors (Lipinski definition) is 10. The Morgan fingerprint density at radius 2 is 0.700 bits per heavy atom. The molecule has 10 heteroatoms. The van der Waals surface area contributed by atoms with Gasteiger partial charge in [0.15, 0.2) is 0 Å². The van der Waals surface area contributed by atoms with Crippen molar-refractivity contribution in [3.05, 3.63) is 108 Å². The van der Waals surface area contributed by atoms with Gasteiger partial charge in [-0.3, -0.25) is 0 Å². The fourth-order valence-electron chi connectivity index (χ4n) is 6.41. The summed E-state index contributed by atoms with van der Waals surface area (Å²) in [6.45, 7) is 12.6. The average Bonchev–Trinajstić information content (AvgIpc) is 3.26. The van der Waals surface area contributed by atoms with E-state index in [0.717, 1.165) is 64.2 Å². The molecule has 0 fully saturated rings. The standard InChI is InChI=1S/C50H66O10/c1-5-47(51)57-37-23-19-15-11-7-9-13-17-21-35-55-43-29-25-41(26-30-43)49(53)59-45-33-34-46(40(4)39(45)3)60-50(54)42-27-31-44(32-28-42)56-36-22-18-14-10-8-12-16-20-24-38-58-48(52)6-2/h5-6,25-34H,1-2,7-24,35-38H2,3-4H3. The molecule has 0 N–H and O–H groups in total. The van der Waals surface area contributed by atoms with Gasteiger partial charge in [-0.25, -0.2) is 19.2 Å². The van der Waals surface area contributed by atoms with Crippen LogP contribution in [0.25, 0.3) is 0 Å². The van der Waals surface area contributed by atoms with Gasteiger partial charge >= 0.3 is 23.9 Å². The van der Waals surface area contributed by atoms with Crippen LogP contribution >= 0.6 is 0 Å². The summed E-state index contributed by atoms with van der Waals surface area (Å²) in [5.74, 6) is 0.506. The summed E-state index contributed by atoms with van der Waals surface area (Å²) >= 11 is 0. The van der Waals surface area contributed by atoms with Gasteiger partial charge in [-0.15, -0.1) is 0 Å². The first-order chi connectivity index (χ1) is 29.2. The van der Waals surface area contributed by atoms with Gasteiger partial charge in [-0.05, 0) is 111 Å². The van der Waals surface area contributed by atoms with Crippen LogP contribution in [0.4, 0.5) is 0 Å². The minimum Gasteiger partial charge on any atom is -0.494 e. The van der Waals surface area contributed by atoms with E-state index in [9.17, 15) is 19.2 Å². The number of carbonyl (C=O) groups is 4. The molecule has 0 spiro atoms. The number of rotatable bonds is 32. The molecular formula is C50H66O10. The van der Waals surface area contributed by atoms with E-state index in [1.165, 1.54) is 63.5 Å². The van der Waals surface area contributed by atoms with Crippen molar-refractivity contribution in [2.75, 3.05) is 26.4 Å². The van der Waals surface area contributed by atoms with Gasteiger partial charge in [0.2, 0.25) is 0 Å². The van der Waals surface area contributed by atoms with Gasteiger partial charge in [0.25, 0.3) is 0 Å². The third-order valence-corrected chi connectivity index (χ3v) is 10.2. The second kappa shape index (κ2) is 29.8. The third kappa shape index (κ3) is 20.1. The lowest BCUT2D eigenvalue weighted by atomic mass is 10.1. The van der Waals surface area contributed by atoms with Crippen molar-refractivity contribution in [1.82, 2.24) is 0 Å². The molecule has 0 bridgehead atoms. The van der Waals surface area contributed by atoms with Crippen LogP contribution in [0, 0.1) is 13.8 Å². The van der Waals surface area contributed by atoms with Gasteiger partial charge in [-0.2, -0.15) is 0 Å². The molecule has 0 aliphatic carbocycles. The average molecular weight is 827 g/mol. The number of benzene rings is 3. The summed E-state index contributed by atoms with van der Waals surface area (Å²) in [5.41, 5.74) is 2.20. The molecule has 3 aromatic carbocycles. The molecule has 0 aliphatic heterocycles. The molecule has 60 heavy (non-hydrogen) atoms. The normalized spacial score (nSPS) is 10.7. The quantitative estimate of drug-likeness (QED) is 0.0260. The first kappa shape index (κ1) is 49.0. The Kier molecular flexibility index (Phi) is 24.3. The summed E-state index contributed by atoms with van der Waals surface area (Å²) in [5, 5.41) is 0. The van der Waals surface area contributed by atoms with Gasteiger partial charge in [0.1, 0.15) is 23.0 Å². The molecule has 0 radical (unpaired) electrons. The fraction of sp³-hybridized carbons (Fsp3) is 0.480. The van der Waals surface area contributed by atoms with E-state index < -0.39 is 11.9 Å². The second-order valence-electron chi connectivity index (χ2n) is 14.9. The highest BCUT2D eigenvalue weighted by Gasteiger charge is 2.17. The molecule has 0 atom stereocenters. The highest BCUT2D eigenvalue weighted by atomic mass is 16.5. The summed E-state index contributed by atoms with van der Waals surface area (Å²) in [6, 6.07) is 17.2. The number of carbonyl (C=O) groups excluding carboxylic acids is 4. The first-order valence-corrected chi connectivity index (χ1v) is 21.8. The Hall–Kier alpha value is -5.38. The van der Waals surface area contributed by atoms with E-state index in [-0.39, 0.29) is 11.9 Å². The molecule has 10 nitrogen and oxygen atoms in total. The Morgan fingerprint density at radius 1 is 0.417 bits per heavy atom. The maximum Gasteiger partial charge on any atom is 0.343 e. The molecule has 0 amide bonds. The maximum atomic E-state index is 13.0. The topological polar surface area (TPSA) is 124 Å². The van der Waals surface area contributed by atoms with E-state index in [2.05, 4.69) is 13.2 Å². The Labute approximate surface area is 357 Å². The Morgan fingerprint density at radius 3 is 1.00 bits per heavy atom. The lowest BCUT2D eigenvalue weighted by Gasteiger charge is -2.14. The monoisotopic (exact) mass is 826 g/mol.